The van der Waals surface area contributed by atoms with Crippen molar-refractivity contribution in [2.24, 2.45) is 11.8 Å². The van der Waals surface area contributed by atoms with Crippen LogP contribution in [0.3, 0.4) is 0 Å². The molecule has 1 saturated heterocycles. The average molecular weight is 353 g/mol. The van der Waals surface area contributed by atoms with Crippen molar-refractivity contribution in [3.05, 3.63) is 23.8 Å². The predicted octanol–water partition coefficient (Wildman–Crippen LogP) is 2.45. The van der Waals surface area contributed by atoms with E-state index < -0.39 is 0 Å². The van der Waals surface area contributed by atoms with Crippen molar-refractivity contribution < 1.29 is 14.3 Å². The van der Waals surface area contributed by atoms with Crippen LogP contribution in [-0.2, 0) is 4.79 Å². The molecule has 6 heteroatoms. The second kappa shape index (κ2) is 7.62. The van der Waals surface area contributed by atoms with Crippen LogP contribution in [-0.4, -0.2) is 32.2 Å². The Labute approximate surface area is 148 Å². The fourth-order valence-corrected chi connectivity index (χ4v) is 3.50. The molecule has 4 rings (SSSR count). The number of fused-ring (bicyclic) bond motifs is 1. The summed E-state index contributed by atoms with van der Waals surface area (Å²) in [6.07, 6.45) is 4.43. The maximum atomic E-state index is 12.6. The van der Waals surface area contributed by atoms with Crippen LogP contribution < -0.4 is 20.1 Å². The van der Waals surface area contributed by atoms with E-state index in [1.807, 2.05) is 12.1 Å². The summed E-state index contributed by atoms with van der Waals surface area (Å²) in [6.45, 7) is 3.01. The third-order valence-electron chi connectivity index (χ3n) is 4.98. The number of carbonyl (C=O) groups is 1. The van der Waals surface area contributed by atoms with Gasteiger partial charge in [-0.05, 0) is 55.8 Å². The molecule has 1 aromatic rings. The lowest BCUT2D eigenvalue weighted by atomic mass is 9.96. The number of halogens is 1. The van der Waals surface area contributed by atoms with E-state index in [0.29, 0.717) is 19.1 Å². The van der Waals surface area contributed by atoms with Gasteiger partial charge in [0.2, 0.25) is 5.91 Å². The van der Waals surface area contributed by atoms with E-state index in [4.69, 9.17) is 9.47 Å². The first-order valence-corrected chi connectivity index (χ1v) is 8.72. The molecule has 0 radical (unpaired) electrons. The van der Waals surface area contributed by atoms with Crippen LogP contribution in [0.25, 0.3) is 0 Å². The van der Waals surface area contributed by atoms with Crippen molar-refractivity contribution in [3.8, 4) is 11.5 Å². The number of hydrogen-bond acceptors (Lipinski definition) is 4. The molecule has 0 spiro atoms. The molecule has 0 bridgehead atoms. The standard InChI is InChI=1S/C18H24N2O3.ClH/c21-18(14-2-1-7-19-11-14)20-17(12-3-4-12)13-5-6-15-16(10-13)23-9-8-22-15;/h5-6,10,12,14,17,19H,1-4,7-9,11H2,(H,20,21);1H. The monoisotopic (exact) mass is 352 g/mol. The highest BCUT2D eigenvalue weighted by Crippen LogP contribution is 2.43. The molecule has 3 aliphatic rings. The zero-order valence-electron chi connectivity index (χ0n) is 13.8. The molecule has 1 amide bonds. The van der Waals surface area contributed by atoms with Gasteiger partial charge in [0.25, 0.3) is 0 Å². The van der Waals surface area contributed by atoms with Crippen molar-refractivity contribution in [2.45, 2.75) is 31.7 Å². The molecule has 2 unspecified atom stereocenters. The van der Waals surface area contributed by atoms with E-state index >= 15 is 0 Å². The second-order valence-electron chi connectivity index (χ2n) is 6.77. The summed E-state index contributed by atoms with van der Waals surface area (Å²) in [6, 6.07) is 6.17. The molecule has 2 fully saturated rings. The summed E-state index contributed by atoms with van der Waals surface area (Å²) in [5, 5.41) is 6.61. The van der Waals surface area contributed by atoms with E-state index in [1.54, 1.807) is 0 Å². The van der Waals surface area contributed by atoms with Crippen molar-refractivity contribution in [3.63, 3.8) is 0 Å². The quantitative estimate of drug-likeness (QED) is 0.873. The molecule has 2 N–H and O–H groups in total. The summed E-state index contributed by atoms with van der Waals surface area (Å²) < 4.78 is 11.3. The highest BCUT2D eigenvalue weighted by Gasteiger charge is 2.35. The molecule has 1 aromatic carbocycles. The van der Waals surface area contributed by atoms with Crippen molar-refractivity contribution in [1.82, 2.24) is 10.6 Å². The van der Waals surface area contributed by atoms with E-state index in [2.05, 4.69) is 16.7 Å². The van der Waals surface area contributed by atoms with Crippen molar-refractivity contribution in [1.29, 1.82) is 0 Å². The zero-order valence-corrected chi connectivity index (χ0v) is 14.6. The van der Waals surface area contributed by atoms with Gasteiger partial charge < -0.3 is 20.1 Å². The van der Waals surface area contributed by atoms with Gasteiger partial charge in [0.15, 0.2) is 11.5 Å². The van der Waals surface area contributed by atoms with Crippen LogP contribution in [0, 0.1) is 11.8 Å². The fourth-order valence-electron chi connectivity index (χ4n) is 3.50. The van der Waals surface area contributed by atoms with E-state index in [9.17, 15) is 4.79 Å². The van der Waals surface area contributed by atoms with Crippen LogP contribution in [0.1, 0.15) is 37.3 Å². The zero-order chi connectivity index (χ0) is 15.6. The molecular weight excluding hydrogens is 328 g/mol. The number of piperidine rings is 1. The van der Waals surface area contributed by atoms with E-state index in [-0.39, 0.29) is 30.3 Å². The van der Waals surface area contributed by atoms with Gasteiger partial charge in [-0.15, -0.1) is 12.4 Å². The number of nitrogens with one attached hydrogen (secondary N) is 2. The Hall–Kier alpha value is -1.46. The Morgan fingerprint density at radius 3 is 2.67 bits per heavy atom. The van der Waals surface area contributed by atoms with E-state index in [1.165, 1.54) is 12.8 Å². The molecule has 2 heterocycles. The Kier molecular flexibility index (Phi) is 5.51. The summed E-state index contributed by atoms with van der Waals surface area (Å²) in [4.78, 5) is 12.6. The van der Waals surface area contributed by atoms with Crippen molar-refractivity contribution >= 4 is 18.3 Å². The van der Waals surface area contributed by atoms with Gasteiger partial charge in [0.05, 0.1) is 12.0 Å². The Bertz CT molecular complexity index is 586. The van der Waals surface area contributed by atoms with Crippen molar-refractivity contribution in [2.75, 3.05) is 26.3 Å². The number of rotatable bonds is 4. The van der Waals surface area contributed by atoms with Crippen LogP contribution in [0.2, 0.25) is 0 Å². The summed E-state index contributed by atoms with van der Waals surface area (Å²) >= 11 is 0. The van der Waals surface area contributed by atoms with Gasteiger partial charge in [0, 0.05) is 6.54 Å². The van der Waals surface area contributed by atoms with Gasteiger partial charge in [-0.25, -0.2) is 0 Å². The average Bonchev–Trinajstić information content (AvgIpc) is 3.45. The number of hydrogen-bond donors (Lipinski definition) is 2. The Morgan fingerprint density at radius 1 is 1.17 bits per heavy atom. The van der Waals surface area contributed by atoms with Gasteiger partial charge in [-0.1, -0.05) is 6.07 Å². The maximum Gasteiger partial charge on any atom is 0.224 e. The fraction of sp³-hybridized carbons (Fsp3) is 0.611. The predicted molar refractivity (Wildman–Crippen MR) is 93.9 cm³/mol. The molecule has 1 saturated carbocycles. The van der Waals surface area contributed by atoms with E-state index in [0.717, 1.165) is 43.0 Å². The highest BCUT2D eigenvalue weighted by molar-refractivity contribution is 5.85. The van der Waals surface area contributed by atoms with Gasteiger partial charge in [-0.2, -0.15) is 0 Å². The number of benzene rings is 1. The summed E-state index contributed by atoms with van der Waals surface area (Å²) in [5.41, 5.74) is 1.13. The topological polar surface area (TPSA) is 59.6 Å². The minimum Gasteiger partial charge on any atom is -0.486 e. The normalized spacial score (nSPS) is 23.8. The second-order valence-corrected chi connectivity index (χ2v) is 6.77. The molecule has 24 heavy (non-hydrogen) atoms. The number of carbonyl (C=O) groups excluding carboxylic acids is 1. The number of ether oxygens (including phenoxy) is 2. The molecule has 2 atom stereocenters. The van der Waals surface area contributed by atoms with Crippen LogP contribution in [0.5, 0.6) is 11.5 Å². The highest BCUT2D eigenvalue weighted by atomic mass is 35.5. The first-order chi connectivity index (χ1) is 11.3. The minimum absolute atomic E-state index is 0. The first kappa shape index (κ1) is 17.4. The van der Waals surface area contributed by atoms with Gasteiger partial charge in [0.1, 0.15) is 13.2 Å². The lowest BCUT2D eigenvalue weighted by molar-refractivity contribution is -0.126. The van der Waals surface area contributed by atoms with Crippen LogP contribution >= 0.6 is 12.4 Å². The minimum atomic E-state index is 0. The first-order valence-electron chi connectivity index (χ1n) is 8.72. The summed E-state index contributed by atoms with van der Waals surface area (Å²) in [7, 11) is 0. The third kappa shape index (κ3) is 3.78. The molecule has 1 aliphatic carbocycles. The van der Waals surface area contributed by atoms with Gasteiger partial charge >= 0.3 is 0 Å². The number of amides is 1. The SMILES string of the molecule is Cl.O=C(NC(c1ccc2c(c1)OCCO2)C1CC1)C1CCCNC1. The lowest BCUT2D eigenvalue weighted by Gasteiger charge is -2.27. The summed E-state index contributed by atoms with van der Waals surface area (Å²) in [5.74, 6) is 2.44. The maximum absolute atomic E-state index is 12.6. The lowest BCUT2D eigenvalue weighted by Crippen LogP contribution is -2.42. The Morgan fingerprint density at radius 2 is 1.96 bits per heavy atom. The molecule has 5 nitrogen and oxygen atoms in total. The molecule has 2 aliphatic heterocycles. The molecular formula is C18H25ClN2O3. The van der Waals surface area contributed by atoms with Crippen LogP contribution in [0.4, 0.5) is 0 Å². The smallest absolute Gasteiger partial charge is 0.224 e. The van der Waals surface area contributed by atoms with Crippen LogP contribution in [0.15, 0.2) is 18.2 Å². The third-order valence-corrected chi connectivity index (χ3v) is 4.98. The Balaban J connectivity index is 0.00000169. The van der Waals surface area contributed by atoms with Gasteiger partial charge in [-0.3, -0.25) is 4.79 Å². The largest absolute Gasteiger partial charge is 0.486 e. The molecule has 0 aromatic heterocycles. The molecule has 132 valence electrons.